The maximum atomic E-state index is 12.8. The highest BCUT2D eigenvalue weighted by atomic mass is 16.5. The molecule has 1 unspecified atom stereocenters. The van der Waals surface area contributed by atoms with Crippen LogP contribution in [-0.4, -0.2) is 12.0 Å². The molecular formula is C23H31NO2. The highest BCUT2D eigenvalue weighted by Gasteiger charge is 2.30. The van der Waals surface area contributed by atoms with E-state index in [1.807, 2.05) is 24.3 Å². The molecule has 26 heavy (non-hydrogen) atoms. The Bertz CT molecular complexity index is 624. The molecule has 0 aromatic heterocycles. The van der Waals surface area contributed by atoms with E-state index in [1.54, 1.807) is 0 Å². The summed E-state index contributed by atoms with van der Waals surface area (Å²) in [6.07, 6.45) is 12.4. The Morgan fingerprint density at radius 3 is 2.42 bits per heavy atom. The summed E-state index contributed by atoms with van der Waals surface area (Å²) in [5, 5.41) is 7.33. The maximum Gasteiger partial charge on any atom is 0.181 e. The Balaban J connectivity index is 1.60. The van der Waals surface area contributed by atoms with E-state index in [9.17, 15) is 4.79 Å². The topological polar surface area (TPSA) is 50.2 Å². The first-order valence-electron chi connectivity index (χ1n) is 10.1. The molecule has 0 spiro atoms. The van der Waals surface area contributed by atoms with Crippen molar-refractivity contribution in [1.82, 2.24) is 0 Å². The van der Waals surface area contributed by atoms with Crippen LogP contribution in [0.3, 0.4) is 0 Å². The third-order valence-electron chi connectivity index (χ3n) is 5.73. The van der Waals surface area contributed by atoms with Crippen molar-refractivity contribution in [2.24, 2.45) is 11.8 Å². The summed E-state index contributed by atoms with van der Waals surface area (Å²) >= 11 is 0. The van der Waals surface area contributed by atoms with E-state index in [0.29, 0.717) is 12.3 Å². The van der Waals surface area contributed by atoms with Crippen LogP contribution in [0.15, 0.2) is 36.6 Å². The average Bonchev–Trinajstić information content (AvgIpc) is 3.49. The normalized spacial score (nSPS) is 18.9. The first kappa shape index (κ1) is 18.9. The Hall–Kier alpha value is -1.90. The van der Waals surface area contributed by atoms with Gasteiger partial charge in [-0.3, -0.25) is 4.79 Å². The fraction of sp³-hybridized carbons (Fsp3) is 0.565. The van der Waals surface area contributed by atoms with Crippen molar-refractivity contribution in [1.29, 1.82) is 5.41 Å². The number of ketones is 1. The molecule has 0 amide bonds. The van der Waals surface area contributed by atoms with Crippen LogP contribution in [0.25, 0.3) is 0 Å². The van der Waals surface area contributed by atoms with Gasteiger partial charge in [0.1, 0.15) is 0 Å². The van der Waals surface area contributed by atoms with Crippen molar-refractivity contribution < 1.29 is 9.53 Å². The number of hydrogen-bond acceptors (Lipinski definition) is 3. The maximum absolute atomic E-state index is 12.8. The Kier molecular flexibility index (Phi) is 6.65. The summed E-state index contributed by atoms with van der Waals surface area (Å²) in [5.74, 6) is 2.23. The van der Waals surface area contributed by atoms with Gasteiger partial charge in [0.2, 0.25) is 0 Å². The van der Waals surface area contributed by atoms with Crippen molar-refractivity contribution in [2.75, 3.05) is 0 Å². The Labute approximate surface area is 157 Å². The monoisotopic (exact) mass is 353 g/mol. The number of hydrogen-bond donors (Lipinski definition) is 1. The van der Waals surface area contributed by atoms with Gasteiger partial charge in [-0.1, -0.05) is 62.9 Å². The third-order valence-corrected chi connectivity index (χ3v) is 5.73. The van der Waals surface area contributed by atoms with Gasteiger partial charge in [0.05, 0.1) is 5.76 Å². The molecule has 1 atom stereocenters. The molecule has 1 N–H and O–H groups in total. The Morgan fingerprint density at radius 1 is 1.12 bits per heavy atom. The van der Waals surface area contributed by atoms with E-state index < -0.39 is 6.10 Å². The first-order valence-corrected chi connectivity index (χ1v) is 10.1. The van der Waals surface area contributed by atoms with E-state index >= 15 is 0 Å². The van der Waals surface area contributed by atoms with Crippen LogP contribution in [0.5, 0.6) is 0 Å². The molecular weight excluding hydrogens is 322 g/mol. The second-order valence-electron chi connectivity index (χ2n) is 8.00. The van der Waals surface area contributed by atoms with Gasteiger partial charge in [0.15, 0.2) is 11.9 Å². The van der Waals surface area contributed by atoms with Crippen LogP contribution in [0, 0.1) is 17.2 Å². The molecule has 1 aromatic rings. The molecule has 140 valence electrons. The van der Waals surface area contributed by atoms with E-state index in [-0.39, 0.29) is 5.78 Å². The molecule has 2 fully saturated rings. The van der Waals surface area contributed by atoms with Gasteiger partial charge >= 0.3 is 0 Å². The average molecular weight is 354 g/mol. The molecule has 2 aliphatic carbocycles. The lowest BCUT2D eigenvalue weighted by atomic mass is 9.86. The van der Waals surface area contributed by atoms with Crippen LogP contribution in [0.4, 0.5) is 0 Å². The highest BCUT2D eigenvalue weighted by Crippen LogP contribution is 2.36. The van der Waals surface area contributed by atoms with Crippen LogP contribution >= 0.6 is 0 Å². The van der Waals surface area contributed by atoms with E-state index in [2.05, 4.69) is 6.58 Å². The number of Topliss-reactive ketones (excluding diaryl/α,β-unsaturated/α-hetero) is 1. The lowest BCUT2D eigenvalue weighted by Gasteiger charge is -2.24. The molecule has 0 radical (unpaired) electrons. The van der Waals surface area contributed by atoms with Crippen LogP contribution in [0.2, 0.25) is 0 Å². The van der Waals surface area contributed by atoms with Crippen molar-refractivity contribution in [3.63, 3.8) is 0 Å². The molecule has 2 saturated carbocycles. The SMILES string of the molecule is C=C(CCC1CCCCC1)OC(C(=O)CC1CC1)c1ccc(C=N)cc1. The van der Waals surface area contributed by atoms with Gasteiger partial charge in [0, 0.05) is 19.1 Å². The van der Waals surface area contributed by atoms with Crippen molar-refractivity contribution >= 4 is 12.0 Å². The molecule has 1 aromatic carbocycles. The molecule has 0 bridgehead atoms. The standard InChI is InChI=1S/C23H31NO2/c1-17(7-8-18-5-3-2-4-6-18)26-23(22(25)15-19-9-10-19)21-13-11-20(16-24)12-14-21/h11-14,16,18-19,23-24H,1-10,15H2. The van der Waals surface area contributed by atoms with E-state index in [0.717, 1.165) is 48.5 Å². The van der Waals surface area contributed by atoms with Crippen molar-refractivity contribution in [2.45, 2.75) is 70.3 Å². The van der Waals surface area contributed by atoms with Gasteiger partial charge in [-0.05, 0) is 42.2 Å². The minimum Gasteiger partial charge on any atom is -0.483 e. The molecule has 3 heteroatoms. The second kappa shape index (κ2) is 9.16. The summed E-state index contributed by atoms with van der Waals surface area (Å²) < 4.78 is 6.09. The van der Waals surface area contributed by atoms with Crippen LogP contribution in [0.1, 0.15) is 81.4 Å². The lowest BCUT2D eigenvalue weighted by Crippen LogP contribution is -2.17. The zero-order valence-corrected chi connectivity index (χ0v) is 15.7. The minimum atomic E-state index is -0.547. The summed E-state index contributed by atoms with van der Waals surface area (Å²) in [6.45, 7) is 4.10. The lowest BCUT2D eigenvalue weighted by molar-refractivity contribution is -0.129. The van der Waals surface area contributed by atoms with Gasteiger partial charge in [-0.15, -0.1) is 0 Å². The van der Waals surface area contributed by atoms with Crippen molar-refractivity contribution in [3.05, 3.63) is 47.7 Å². The van der Waals surface area contributed by atoms with Gasteiger partial charge in [0.25, 0.3) is 0 Å². The highest BCUT2D eigenvalue weighted by molar-refractivity contribution is 5.85. The minimum absolute atomic E-state index is 0.161. The van der Waals surface area contributed by atoms with Gasteiger partial charge in [-0.2, -0.15) is 0 Å². The van der Waals surface area contributed by atoms with Crippen molar-refractivity contribution in [3.8, 4) is 0 Å². The number of carbonyl (C=O) groups excluding carboxylic acids is 1. The number of ether oxygens (including phenoxy) is 1. The number of rotatable bonds is 10. The largest absolute Gasteiger partial charge is 0.483 e. The number of allylic oxidation sites excluding steroid dienone is 1. The smallest absolute Gasteiger partial charge is 0.181 e. The third kappa shape index (κ3) is 5.55. The quantitative estimate of drug-likeness (QED) is 0.415. The molecule has 3 nitrogen and oxygen atoms in total. The predicted molar refractivity (Wildman–Crippen MR) is 105 cm³/mol. The van der Waals surface area contributed by atoms with Crippen LogP contribution < -0.4 is 0 Å². The summed E-state index contributed by atoms with van der Waals surface area (Å²) in [7, 11) is 0. The second-order valence-corrected chi connectivity index (χ2v) is 8.00. The molecule has 3 rings (SSSR count). The van der Waals surface area contributed by atoms with E-state index in [1.165, 1.54) is 38.3 Å². The number of carbonyl (C=O) groups is 1. The van der Waals surface area contributed by atoms with Gasteiger partial charge in [-0.25, -0.2) is 0 Å². The zero-order chi connectivity index (χ0) is 18.4. The fourth-order valence-electron chi connectivity index (χ4n) is 3.87. The number of benzene rings is 1. The zero-order valence-electron chi connectivity index (χ0n) is 15.7. The summed E-state index contributed by atoms with van der Waals surface area (Å²) in [5.41, 5.74) is 1.71. The summed E-state index contributed by atoms with van der Waals surface area (Å²) in [4.78, 5) is 12.8. The Morgan fingerprint density at radius 2 is 1.81 bits per heavy atom. The molecule has 0 aliphatic heterocycles. The van der Waals surface area contributed by atoms with E-state index in [4.69, 9.17) is 10.1 Å². The molecule has 0 heterocycles. The first-order chi connectivity index (χ1) is 12.7. The number of nitrogens with one attached hydrogen (secondary N) is 1. The molecule has 2 aliphatic rings. The molecule has 0 saturated heterocycles. The fourth-order valence-corrected chi connectivity index (χ4v) is 3.87. The summed E-state index contributed by atoms with van der Waals surface area (Å²) in [6, 6.07) is 7.55. The predicted octanol–water partition coefficient (Wildman–Crippen LogP) is 5.99. The van der Waals surface area contributed by atoms with Gasteiger partial charge < -0.3 is 10.1 Å². The van der Waals surface area contributed by atoms with Crippen LogP contribution in [-0.2, 0) is 9.53 Å².